The third kappa shape index (κ3) is 4.81. The van der Waals surface area contributed by atoms with Crippen LogP contribution in [0.1, 0.15) is 52.6 Å². The zero-order chi connectivity index (χ0) is 18.0. The molecule has 0 saturated carbocycles. The fourth-order valence-electron chi connectivity index (χ4n) is 2.84. The van der Waals surface area contributed by atoms with Gasteiger partial charge in [0, 0.05) is 5.41 Å². The van der Waals surface area contributed by atoms with Crippen LogP contribution in [0.2, 0.25) is 0 Å². The first-order valence-corrected chi connectivity index (χ1v) is 8.28. The zero-order valence-corrected chi connectivity index (χ0v) is 15.1. The van der Waals surface area contributed by atoms with Crippen molar-refractivity contribution in [3.8, 4) is 0 Å². The van der Waals surface area contributed by atoms with Crippen LogP contribution >= 0.6 is 0 Å². The van der Waals surface area contributed by atoms with Crippen molar-refractivity contribution >= 4 is 11.9 Å². The van der Waals surface area contributed by atoms with Crippen molar-refractivity contribution in [1.82, 2.24) is 5.32 Å². The van der Waals surface area contributed by atoms with E-state index < -0.39 is 17.1 Å². The molecule has 0 aliphatic carbocycles. The lowest BCUT2D eigenvalue weighted by Crippen LogP contribution is -2.55. The van der Waals surface area contributed by atoms with E-state index >= 15 is 0 Å². The van der Waals surface area contributed by atoms with Crippen LogP contribution in [0.25, 0.3) is 0 Å². The van der Waals surface area contributed by atoms with E-state index in [4.69, 9.17) is 9.47 Å². The van der Waals surface area contributed by atoms with Gasteiger partial charge in [-0.25, -0.2) is 0 Å². The molecule has 1 heterocycles. The summed E-state index contributed by atoms with van der Waals surface area (Å²) in [4.78, 5) is 24.4. The molecule has 1 fully saturated rings. The SMILES string of the molecule is CC(C)(C)OC(=O)CC(C)(C)[C@@H]1N[C@H](c2ccccc2)COC1=O. The third-order valence-corrected chi connectivity index (χ3v) is 4.00. The van der Waals surface area contributed by atoms with Crippen LogP contribution in [0.5, 0.6) is 0 Å². The Bertz CT molecular complexity index is 589. The van der Waals surface area contributed by atoms with Gasteiger partial charge in [0.15, 0.2) is 0 Å². The minimum Gasteiger partial charge on any atom is -0.462 e. The van der Waals surface area contributed by atoms with E-state index in [1.165, 1.54) is 0 Å². The predicted molar refractivity (Wildman–Crippen MR) is 91.3 cm³/mol. The summed E-state index contributed by atoms with van der Waals surface area (Å²) in [5.74, 6) is -0.639. The highest BCUT2D eigenvalue weighted by Gasteiger charge is 2.43. The lowest BCUT2D eigenvalue weighted by molar-refractivity contribution is -0.162. The second-order valence-electron chi connectivity index (χ2n) is 7.94. The Morgan fingerprint density at radius 3 is 2.42 bits per heavy atom. The normalized spacial score (nSPS) is 22.0. The molecule has 0 bridgehead atoms. The molecule has 1 aromatic carbocycles. The number of hydrogen-bond acceptors (Lipinski definition) is 5. The minimum absolute atomic E-state index is 0.0770. The van der Waals surface area contributed by atoms with E-state index in [0.29, 0.717) is 6.61 Å². The Labute approximate surface area is 143 Å². The molecule has 2 rings (SSSR count). The van der Waals surface area contributed by atoms with Crippen LogP contribution < -0.4 is 5.32 Å². The summed E-state index contributed by atoms with van der Waals surface area (Å²) in [6.07, 6.45) is 0.137. The molecule has 0 spiro atoms. The first-order chi connectivity index (χ1) is 11.1. The predicted octanol–water partition coefficient (Wildman–Crippen LogP) is 3.00. The standard InChI is InChI=1S/C19H27NO4/c1-18(2,3)24-15(21)11-19(4,5)16-17(22)23-12-14(20-16)13-9-7-6-8-10-13/h6-10,14,16,20H,11-12H2,1-5H3/t14-,16+/m0/s1. The molecule has 0 radical (unpaired) electrons. The number of carbonyl (C=O) groups is 2. The van der Waals surface area contributed by atoms with Crippen LogP contribution in [0.15, 0.2) is 30.3 Å². The van der Waals surface area contributed by atoms with Gasteiger partial charge in [-0.2, -0.15) is 0 Å². The van der Waals surface area contributed by atoms with Crippen molar-refractivity contribution in [2.45, 2.75) is 58.7 Å². The quantitative estimate of drug-likeness (QED) is 0.858. The number of rotatable bonds is 4. The van der Waals surface area contributed by atoms with Crippen LogP contribution in [0, 0.1) is 5.41 Å². The molecule has 1 aromatic rings. The number of ether oxygens (including phenoxy) is 2. The second-order valence-corrected chi connectivity index (χ2v) is 7.94. The van der Waals surface area contributed by atoms with E-state index in [9.17, 15) is 9.59 Å². The summed E-state index contributed by atoms with van der Waals surface area (Å²) < 4.78 is 10.8. The highest BCUT2D eigenvalue weighted by atomic mass is 16.6. The summed E-state index contributed by atoms with van der Waals surface area (Å²) in [5.41, 5.74) is -0.101. The van der Waals surface area contributed by atoms with E-state index in [0.717, 1.165) is 5.56 Å². The molecule has 5 nitrogen and oxygen atoms in total. The summed E-state index contributed by atoms with van der Waals surface area (Å²) >= 11 is 0. The molecule has 1 aliphatic rings. The van der Waals surface area contributed by atoms with Gasteiger partial charge in [-0.05, 0) is 26.3 Å². The molecule has 0 amide bonds. The van der Waals surface area contributed by atoms with Crippen LogP contribution in [-0.4, -0.2) is 30.2 Å². The van der Waals surface area contributed by atoms with Crippen LogP contribution in [-0.2, 0) is 19.1 Å². The fourth-order valence-corrected chi connectivity index (χ4v) is 2.84. The summed E-state index contributed by atoms with van der Waals surface area (Å²) in [5, 5.41) is 3.35. The number of carbonyl (C=O) groups excluding carboxylic acids is 2. The van der Waals surface area contributed by atoms with E-state index in [-0.39, 0.29) is 24.4 Å². The monoisotopic (exact) mass is 333 g/mol. The Hall–Kier alpha value is -1.88. The van der Waals surface area contributed by atoms with E-state index in [1.807, 2.05) is 65.0 Å². The molecule has 0 unspecified atom stereocenters. The lowest BCUT2D eigenvalue weighted by Gasteiger charge is -2.39. The van der Waals surface area contributed by atoms with Gasteiger partial charge in [0.05, 0.1) is 12.5 Å². The Balaban J connectivity index is 2.09. The molecule has 24 heavy (non-hydrogen) atoms. The molecule has 0 aromatic heterocycles. The maximum absolute atomic E-state index is 12.2. The maximum Gasteiger partial charge on any atom is 0.323 e. The van der Waals surface area contributed by atoms with Crippen molar-refractivity contribution in [1.29, 1.82) is 0 Å². The molecule has 1 N–H and O–H groups in total. The first kappa shape index (κ1) is 18.5. The van der Waals surface area contributed by atoms with Gasteiger partial charge < -0.3 is 9.47 Å². The Morgan fingerprint density at radius 2 is 1.83 bits per heavy atom. The van der Waals surface area contributed by atoms with Crippen LogP contribution in [0.3, 0.4) is 0 Å². The Morgan fingerprint density at radius 1 is 1.21 bits per heavy atom. The highest BCUT2D eigenvalue weighted by Crippen LogP contribution is 2.32. The van der Waals surface area contributed by atoms with Gasteiger partial charge in [0.2, 0.25) is 0 Å². The molecular weight excluding hydrogens is 306 g/mol. The van der Waals surface area contributed by atoms with Crippen molar-refractivity contribution in [2.24, 2.45) is 5.41 Å². The zero-order valence-electron chi connectivity index (χ0n) is 15.1. The number of nitrogens with one attached hydrogen (secondary N) is 1. The minimum atomic E-state index is -0.618. The van der Waals surface area contributed by atoms with Crippen molar-refractivity contribution < 1.29 is 19.1 Å². The van der Waals surface area contributed by atoms with Gasteiger partial charge in [-0.3, -0.25) is 14.9 Å². The maximum atomic E-state index is 12.2. The third-order valence-electron chi connectivity index (χ3n) is 4.00. The molecule has 132 valence electrons. The van der Waals surface area contributed by atoms with Gasteiger partial charge in [-0.15, -0.1) is 0 Å². The van der Waals surface area contributed by atoms with Crippen LogP contribution in [0.4, 0.5) is 0 Å². The molecule has 5 heteroatoms. The Kier molecular flexibility index (Phi) is 5.33. The van der Waals surface area contributed by atoms with Crippen molar-refractivity contribution in [3.63, 3.8) is 0 Å². The molecular formula is C19H27NO4. The number of benzene rings is 1. The van der Waals surface area contributed by atoms with E-state index in [2.05, 4.69) is 5.32 Å². The van der Waals surface area contributed by atoms with Crippen molar-refractivity contribution in [3.05, 3.63) is 35.9 Å². The smallest absolute Gasteiger partial charge is 0.323 e. The average Bonchev–Trinajstić information content (AvgIpc) is 2.45. The lowest BCUT2D eigenvalue weighted by atomic mass is 9.80. The number of hydrogen-bond donors (Lipinski definition) is 1. The fraction of sp³-hybridized carbons (Fsp3) is 0.579. The van der Waals surface area contributed by atoms with Gasteiger partial charge in [0.25, 0.3) is 0 Å². The topological polar surface area (TPSA) is 64.6 Å². The number of morpholine rings is 1. The van der Waals surface area contributed by atoms with Gasteiger partial charge in [-0.1, -0.05) is 44.2 Å². The molecule has 1 aliphatic heterocycles. The molecule has 2 atom stereocenters. The van der Waals surface area contributed by atoms with Gasteiger partial charge in [0.1, 0.15) is 18.2 Å². The number of esters is 2. The number of cyclic esters (lactones) is 1. The van der Waals surface area contributed by atoms with E-state index in [1.54, 1.807) is 0 Å². The highest BCUT2D eigenvalue weighted by molar-refractivity contribution is 5.79. The largest absolute Gasteiger partial charge is 0.462 e. The first-order valence-electron chi connectivity index (χ1n) is 8.28. The second kappa shape index (κ2) is 6.93. The average molecular weight is 333 g/mol. The summed E-state index contributed by atoms with van der Waals surface area (Å²) in [7, 11) is 0. The summed E-state index contributed by atoms with van der Waals surface area (Å²) in [6, 6.07) is 9.20. The molecule has 1 saturated heterocycles. The van der Waals surface area contributed by atoms with Gasteiger partial charge >= 0.3 is 11.9 Å². The van der Waals surface area contributed by atoms with Crippen molar-refractivity contribution in [2.75, 3.05) is 6.61 Å². The summed E-state index contributed by atoms with van der Waals surface area (Å²) in [6.45, 7) is 9.54.